The molecular formula is C21H23NO3. The van der Waals surface area contributed by atoms with Crippen molar-refractivity contribution >= 4 is 17.6 Å². The van der Waals surface area contributed by atoms with Crippen LogP contribution in [0.25, 0.3) is 0 Å². The van der Waals surface area contributed by atoms with Crippen LogP contribution in [0.3, 0.4) is 0 Å². The van der Waals surface area contributed by atoms with Gasteiger partial charge in [-0.2, -0.15) is 0 Å². The third kappa shape index (κ3) is 3.43. The van der Waals surface area contributed by atoms with Gasteiger partial charge in [-0.25, -0.2) is 0 Å². The minimum absolute atomic E-state index is 0.0355. The third-order valence-electron chi connectivity index (χ3n) is 4.87. The summed E-state index contributed by atoms with van der Waals surface area (Å²) in [7, 11) is 0. The fraction of sp³-hybridized carbons (Fsp3) is 0.333. The van der Waals surface area contributed by atoms with Crippen molar-refractivity contribution in [2.45, 2.75) is 34.1 Å². The van der Waals surface area contributed by atoms with Crippen molar-refractivity contribution in [2.75, 3.05) is 11.4 Å². The lowest BCUT2D eigenvalue weighted by atomic mass is 10.1. The number of carbonyl (C=O) groups is 2. The van der Waals surface area contributed by atoms with Crippen LogP contribution in [0.1, 0.15) is 28.7 Å². The van der Waals surface area contributed by atoms with E-state index in [9.17, 15) is 9.59 Å². The van der Waals surface area contributed by atoms with Crippen LogP contribution in [0.4, 0.5) is 5.69 Å². The Bertz CT molecular complexity index is 821. The van der Waals surface area contributed by atoms with Crippen LogP contribution in [0.15, 0.2) is 36.4 Å². The summed E-state index contributed by atoms with van der Waals surface area (Å²) >= 11 is 0. The molecule has 1 heterocycles. The Morgan fingerprint density at radius 3 is 2.32 bits per heavy atom. The third-order valence-corrected chi connectivity index (χ3v) is 4.87. The number of rotatable bonds is 3. The summed E-state index contributed by atoms with van der Waals surface area (Å²) in [6.07, 6.45) is 0.191. The van der Waals surface area contributed by atoms with Crippen LogP contribution in [-0.4, -0.2) is 18.4 Å². The fourth-order valence-electron chi connectivity index (χ4n) is 3.15. The lowest BCUT2D eigenvalue weighted by Crippen LogP contribution is -2.27. The number of esters is 1. The highest BCUT2D eigenvalue weighted by Gasteiger charge is 2.36. The molecule has 0 aromatic heterocycles. The molecule has 4 heteroatoms. The summed E-state index contributed by atoms with van der Waals surface area (Å²) in [6.45, 7) is 8.25. The monoisotopic (exact) mass is 337 g/mol. The Hall–Kier alpha value is -2.62. The summed E-state index contributed by atoms with van der Waals surface area (Å²) in [5, 5.41) is 0. The van der Waals surface area contributed by atoms with Crippen LogP contribution in [0.5, 0.6) is 5.75 Å². The van der Waals surface area contributed by atoms with Crippen molar-refractivity contribution in [3.8, 4) is 5.75 Å². The van der Waals surface area contributed by atoms with Gasteiger partial charge in [-0.05, 0) is 62.1 Å². The molecule has 1 fully saturated rings. The van der Waals surface area contributed by atoms with Crippen molar-refractivity contribution in [1.82, 2.24) is 0 Å². The molecule has 0 bridgehead atoms. The first-order valence-corrected chi connectivity index (χ1v) is 8.52. The first kappa shape index (κ1) is 17.2. The molecule has 2 aromatic rings. The van der Waals surface area contributed by atoms with Gasteiger partial charge in [0.15, 0.2) is 0 Å². The maximum atomic E-state index is 12.6. The zero-order valence-electron chi connectivity index (χ0n) is 15.1. The summed E-state index contributed by atoms with van der Waals surface area (Å²) < 4.78 is 5.62. The van der Waals surface area contributed by atoms with E-state index in [1.807, 2.05) is 64.1 Å². The fourth-order valence-corrected chi connectivity index (χ4v) is 3.15. The van der Waals surface area contributed by atoms with E-state index in [0.717, 1.165) is 22.4 Å². The second-order valence-electron chi connectivity index (χ2n) is 6.82. The predicted molar refractivity (Wildman–Crippen MR) is 97.9 cm³/mol. The Morgan fingerprint density at radius 1 is 1.00 bits per heavy atom. The van der Waals surface area contributed by atoms with Gasteiger partial charge in [0.2, 0.25) is 5.91 Å². The number of amides is 1. The van der Waals surface area contributed by atoms with Crippen molar-refractivity contribution in [2.24, 2.45) is 5.92 Å². The number of hydrogen-bond acceptors (Lipinski definition) is 3. The summed E-state index contributed by atoms with van der Waals surface area (Å²) in [6, 6.07) is 11.7. The molecule has 1 atom stereocenters. The molecule has 0 N–H and O–H groups in total. The largest absolute Gasteiger partial charge is 0.426 e. The smallest absolute Gasteiger partial charge is 0.316 e. The van der Waals surface area contributed by atoms with E-state index < -0.39 is 5.92 Å². The van der Waals surface area contributed by atoms with Crippen molar-refractivity contribution in [3.05, 3.63) is 58.7 Å². The molecule has 0 saturated carbocycles. The first-order chi connectivity index (χ1) is 11.9. The Balaban J connectivity index is 1.75. The van der Waals surface area contributed by atoms with Crippen LogP contribution >= 0.6 is 0 Å². The van der Waals surface area contributed by atoms with E-state index in [0.29, 0.717) is 12.3 Å². The van der Waals surface area contributed by atoms with Crippen molar-refractivity contribution < 1.29 is 14.3 Å². The Kier molecular flexibility index (Phi) is 4.62. The topological polar surface area (TPSA) is 46.6 Å². The summed E-state index contributed by atoms with van der Waals surface area (Å²) in [5.41, 5.74) is 5.00. The van der Waals surface area contributed by atoms with E-state index in [2.05, 4.69) is 0 Å². The lowest BCUT2D eigenvalue weighted by molar-refractivity contribution is -0.139. The quantitative estimate of drug-likeness (QED) is 0.631. The average Bonchev–Trinajstić information content (AvgIpc) is 2.95. The number of nitrogens with zero attached hydrogens (tertiary/aromatic N) is 1. The molecule has 0 aliphatic carbocycles. The maximum Gasteiger partial charge on any atom is 0.316 e. The van der Waals surface area contributed by atoms with Gasteiger partial charge in [-0.15, -0.1) is 0 Å². The molecule has 1 saturated heterocycles. The molecule has 0 spiro atoms. The van der Waals surface area contributed by atoms with Crippen LogP contribution in [-0.2, 0) is 9.59 Å². The van der Waals surface area contributed by atoms with E-state index in [4.69, 9.17) is 4.74 Å². The average molecular weight is 337 g/mol. The van der Waals surface area contributed by atoms with E-state index in [1.165, 1.54) is 5.56 Å². The molecule has 130 valence electrons. The van der Waals surface area contributed by atoms with Crippen molar-refractivity contribution in [3.63, 3.8) is 0 Å². The highest BCUT2D eigenvalue weighted by molar-refractivity contribution is 5.99. The van der Waals surface area contributed by atoms with Crippen LogP contribution < -0.4 is 9.64 Å². The normalized spacial score (nSPS) is 17.0. The SMILES string of the molecule is Cc1ccc(N2C[C@H](C(=O)Oc3c(C)cccc3C)CC2=O)cc1C. The maximum absolute atomic E-state index is 12.6. The minimum atomic E-state index is -0.437. The van der Waals surface area contributed by atoms with E-state index in [-0.39, 0.29) is 18.3 Å². The second kappa shape index (κ2) is 6.71. The number of carbonyl (C=O) groups excluding carboxylic acids is 2. The highest BCUT2D eigenvalue weighted by atomic mass is 16.5. The van der Waals surface area contributed by atoms with Gasteiger partial charge in [0.1, 0.15) is 5.75 Å². The molecule has 1 amide bonds. The molecule has 25 heavy (non-hydrogen) atoms. The van der Waals surface area contributed by atoms with Crippen molar-refractivity contribution in [1.29, 1.82) is 0 Å². The first-order valence-electron chi connectivity index (χ1n) is 8.52. The van der Waals surface area contributed by atoms with Gasteiger partial charge in [0.25, 0.3) is 0 Å². The van der Waals surface area contributed by atoms with Gasteiger partial charge in [0.05, 0.1) is 5.92 Å². The zero-order valence-corrected chi connectivity index (χ0v) is 15.1. The van der Waals surface area contributed by atoms with Crippen LogP contribution in [0, 0.1) is 33.6 Å². The van der Waals surface area contributed by atoms with Gasteiger partial charge < -0.3 is 9.64 Å². The molecule has 0 radical (unpaired) electrons. The predicted octanol–water partition coefficient (Wildman–Crippen LogP) is 3.88. The molecule has 3 rings (SSSR count). The van der Waals surface area contributed by atoms with E-state index >= 15 is 0 Å². The molecule has 0 unspecified atom stereocenters. The lowest BCUT2D eigenvalue weighted by Gasteiger charge is -2.18. The zero-order chi connectivity index (χ0) is 18.1. The summed E-state index contributed by atoms with van der Waals surface area (Å²) in [4.78, 5) is 26.6. The number of ether oxygens (including phenoxy) is 1. The highest BCUT2D eigenvalue weighted by Crippen LogP contribution is 2.29. The van der Waals surface area contributed by atoms with Gasteiger partial charge in [-0.1, -0.05) is 24.3 Å². The second-order valence-corrected chi connectivity index (χ2v) is 6.82. The van der Waals surface area contributed by atoms with Gasteiger partial charge >= 0.3 is 5.97 Å². The minimum Gasteiger partial charge on any atom is -0.426 e. The number of benzene rings is 2. The molecule has 1 aliphatic rings. The Morgan fingerprint density at radius 2 is 1.68 bits per heavy atom. The number of hydrogen-bond donors (Lipinski definition) is 0. The molecule has 4 nitrogen and oxygen atoms in total. The van der Waals surface area contributed by atoms with Gasteiger partial charge in [-0.3, -0.25) is 9.59 Å². The molecule has 1 aliphatic heterocycles. The van der Waals surface area contributed by atoms with Gasteiger partial charge in [0, 0.05) is 18.7 Å². The molecular weight excluding hydrogens is 314 g/mol. The molecule has 2 aromatic carbocycles. The standard InChI is InChI=1S/C21H23NO3/c1-13-8-9-18(10-16(13)4)22-12-17(11-19(22)23)21(24)25-20-14(2)6-5-7-15(20)3/h5-10,17H,11-12H2,1-4H3/t17-/m1/s1. The number of para-hydroxylation sites is 1. The summed E-state index contributed by atoms with van der Waals surface area (Å²) in [5.74, 6) is -0.207. The Labute approximate surface area is 148 Å². The number of anilines is 1. The van der Waals surface area contributed by atoms with E-state index in [1.54, 1.807) is 4.90 Å². The van der Waals surface area contributed by atoms with Crippen LogP contribution in [0.2, 0.25) is 0 Å². The number of aryl methyl sites for hydroxylation is 4.